The van der Waals surface area contributed by atoms with Crippen molar-refractivity contribution in [1.82, 2.24) is 9.97 Å². The maximum atomic E-state index is 13.3. The number of nitrogens with zero attached hydrogens (tertiary/aromatic N) is 3. The summed E-state index contributed by atoms with van der Waals surface area (Å²) in [5.41, 5.74) is 2.17. The minimum absolute atomic E-state index is 0.0943. The van der Waals surface area contributed by atoms with Gasteiger partial charge in [-0.15, -0.1) is 0 Å². The number of amides is 1. The molecular formula is C23H20ClN3O4S2. The molecule has 0 aliphatic heterocycles. The van der Waals surface area contributed by atoms with Crippen LogP contribution >= 0.6 is 22.9 Å². The molecule has 0 aliphatic rings. The molecule has 0 atom stereocenters. The van der Waals surface area contributed by atoms with Gasteiger partial charge in [0.25, 0.3) is 0 Å². The summed E-state index contributed by atoms with van der Waals surface area (Å²) in [6.07, 6.45) is 3.25. The normalized spacial score (nSPS) is 11.5. The third kappa shape index (κ3) is 5.00. The lowest BCUT2D eigenvalue weighted by molar-refractivity contribution is -0.116. The molecule has 0 saturated carbocycles. The van der Waals surface area contributed by atoms with Gasteiger partial charge in [-0.2, -0.15) is 0 Å². The summed E-state index contributed by atoms with van der Waals surface area (Å²) in [5.74, 6) is -0.788. The van der Waals surface area contributed by atoms with Crippen molar-refractivity contribution in [2.75, 3.05) is 17.8 Å². The quantitative estimate of drug-likeness (QED) is 0.365. The Balaban J connectivity index is 1.74. The monoisotopic (exact) mass is 501 g/mol. The first-order valence-electron chi connectivity index (χ1n) is 9.90. The standard InChI is InChI=1S/C23H20ClN3O4S2/c1-15-5-7-17(8-6-15)33(29,30)14-20(28)27(13-16-4-3-11-25-12-16)23-26-21-19(31-2)10-9-18(24)22(21)32-23/h3-12H,13-14H2,1-2H3. The summed E-state index contributed by atoms with van der Waals surface area (Å²) < 4.78 is 31.9. The van der Waals surface area contributed by atoms with E-state index >= 15 is 0 Å². The van der Waals surface area contributed by atoms with Gasteiger partial charge >= 0.3 is 0 Å². The number of hydrogen-bond acceptors (Lipinski definition) is 7. The molecule has 33 heavy (non-hydrogen) atoms. The number of methoxy groups -OCH3 is 1. The predicted molar refractivity (Wildman–Crippen MR) is 130 cm³/mol. The van der Waals surface area contributed by atoms with Gasteiger partial charge in [0.2, 0.25) is 5.91 Å². The second-order valence-corrected chi connectivity index (χ2v) is 10.7. The Labute approximate surface area is 200 Å². The van der Waals surface area contributed by atoms with Gasteiger partial charge in [-0.3, -0.25) is 14.7 Å². The predicted octanol–water partition coefficient (Wildman–Crippen LogP) is 4.67. The van der Waals surface area contributed by atoms with Crippen molar-refractivity contribution in [3.63, 3.8) is 0 Å². The molecule has 4 rings (SSSR count). The fourth-order valence-electron chi connectivity index (χ4n) is 3.23. The summed E-state index contributed by atoms with van der Waals surface area (Å²) in [6.45, 7) is 1.97. The number of carbonyl (C=O) groups is 1. The van der Waals surface area contributed by atoms with Gasteiger partial charge in [0.1, 0.15) is 17.0 Å². The van der Waals surface area contributed by atoms with Gasteiger partial charge in [0.15, 0.2) is 15.0 Å². The molecule has 2 aromatic heterocycles. The first kappa shape index (κ1) is 23.2. The highest BCUT2D eigenvalue weighted by atomic mass is 35.5. The minimum Gasteiger partial charge on any atom is -0.494 e. The molecule has 0 unspecified atom stereocenters. The van der Waals surface area contributed by atoms with E-state index in [4.69, 9.17) is 16.3 Å². The number of fused-ring (bicyclic) bond motifs is 1. The van der Waals surface area contributed by atoms with Crippen LogP contribution < -0.4 is 9.64 Å². The molecule has 0 fully saturated rings. The maximum absolute atomic E-state index is 13.3. The Morgan fingerprint density at radius 2 is 1.91 bits per heavy atom. The van der Waals surface area contributed by atoms with Gasteiger partial charge < -0.3 is 4.74 Å². The number of benzene rings is 2. The van der Waals surface area contributed by atoms with Gasteiger partial charge in [-0.1, -0.05) is 46.7 Å². The zero-order chi connectivity index (χ0) is 23.6. The van der Waals surface area contributed by atoms with E-state index in [0.29, 0.717) is 26.1 Å². The topological polar surface area (TPSA) is 89.5 Å². The zero-order valence-electron chi connectivity index (χ0n) is 17.9. The van der Waals surface area contributed by atoms with E-state index in [0.717, 1.165) is 11.1 Å². The Hall–Kier alpha value is -3.01. The van der Waals surface area contributed by atoms with E-state index in [1.54, 1.807) is 42.7 Å². The number of aryl methyl sites for hydroxylation is 1. The molecule has 1 amide bonds. The molecule has 0 aliphatic carbocycles. The number of sulfone groups is 1. The van der Waals surface area contributed by atoms with E-state index in [2.05, 4.69) is 9.97 Å². The molecule has 0 N–H and O–H groups in total. The van der Waals surface area contributed by atoms with Crippen LogP contribution in [0.3, 0.4) is 0 Å². The molecule has 2 aromatic carbocycles. The number of rotatable bonds is 7. The van der Waals surface area contributed by atoms with Crippen molar-refractivity contribution >= 4 is 54.0 Å². The second kappa shape index (κ2) is 9.46. The summed E-state index contributed by atoms with van der Waals surface area (Å²) in [4.78, 5) is 23.5. The third-order valence-corrected chi connectivity index (χ3v) is 8.11. The van der Waals surface area contributed by atoms with Crippen LogP contribution in [-0.2, 0) is 21.2 Å². The van der Waals surface area contributed by atoms with Crippen molar-refractivity contribution < 1.29 is 17.9 Å². The molecule has 170 valence electrons. The first-order valence-corrected chi connectivity index (χ1v) is 12.7. The van der Waals surface area contributed by atoms with Gasteiger partial charge in [-0.25, -0.2) is 13.4 Å². The lowest BCUT2D eigenvalue weighted by atomic mass is 10.2. The lowest BCUT2D eigenvalue weighted by Gasteiger charge is -2.20. The molecule has 0 radical (unpaired) electrons. The van der Waals surface area contributed by atoms with Gasteiger partial charge in [-0.05, 0) is 42.8 Å². The van der Waals surface area contributed by atoms with Crippen molar-refractivity contribution in [2.24, 2.45) is 0 Å². The fourth-order valence-corrected chi connectivity index (χ4v) is 5.70. The van der Waals surface area contributed by atoms with Gasteiger partial charge in [0, 0.05) is 12.4 Å². The highest BCUT2D eigenvalue weighted by molar-refractivity contribution is 7.92. The number of carbonyl (C=O) groups excluding carboxylic acids is 1. The Kier molecular flexibility index (Phi) is 6.64. The molecule has 0 saturated heterocycles. The number of thiazole rings is 1. The maximum Gasteiger partial charge on any atom is 0.244 e. The fraction of sp³-hybridized carbons (Fsp3) is 0.174. The number of aromatic nitrogens is 2. The molecule has 4 aromatic rings. The molecule has 0 spiro atoms. The summed E-state index contributed by atoms with van der Waals surface area (Å²) in [7, 11) is -2.33. The van der Waals surface area contributed by atoms with Crippen molar-refractivity contribution in [3.8, 4) is 5.75 Å². The largest absolute Gasteiger partial charge is 0.494 e. The molecule has 7 nitrogen and oxygen atoms in total. The van der Waals surface area contributed by atoms with Crippen LogP contribution in [0, 0.1) is 6.92 Å². The number of hydrogen-bond donors (Lipinski definition) is 0. The van der Waals surface area contributed by atoms with Crippen LogP contribution in [-0.4, -0.2) is 37.2 Å². The van der Waals surface area contributed by atoms with E-state index in [1.807, 2.05) is 13.0 Å². The first-order chi connectivity index (χ1) is 15.8. The van der Waals surface area contributed by atoms with Crippen molar-refractivity contribution in [3.05, 3.63) is 77.1 Å². The van der Waals surface area contributed by atoms with Crippen LogP contribution in [0.5, 0.6) is 5.75 Å². The Morgan fingerprint density at radius 3 is 2.58 bits per heavy atom. The minimum atomic E-state index is -3.85. The smallest absolute Gasteiger partial charge is 0.244 e. The molecule has 2 heterocycles. The summed E-state index contributed by atoms with van der Waals surface area (Å²) in [5, 5.41) is 0.792. The molecule has 10 heteroatoms. The SMILES string of the molecule is COc1ccc(Cl)c2sc(N(Cc3cccnc3)C(=O)CS(=O)(=O)c3ccc(C)cc3)nc12. The Morgan fingerprint density at radius 1 is 1.15 bits per heavy atom. The lowest BCUT2D eigenvalue weighted by Crippen LogP contribution is -2.35. The van der Waals surface area contributed by atoms with E-state index < -0.39 is 21.5 Å². The average Bonchev–Trinajstić information content (AvgIpc) is 3.24. The van der Waals surface area contributed by atoms with Crippen LogP contribution in [0.4, 0.5) is 5.13 Å². The van der Waals surface area contributed by atoms with E-state index in [-0.39, 0.29) is 11.4 Å². The van der Waals surface area contributed by atoms with Crippen LogP contribution in [0.2, 0.25) is 5.02 Å². The van der Waals surface area contributed by atoms with Crippen LogP contribution in [0.1, 0.15) is 11.1 Å². The molecular weight excluding hydrogens is 482 g/mol. The summed E-state index contributed by atoms with van der Waals surface area (Å²) >= 11 is 7.55. The zero-order valence-corrected chi connectivity index (χ0v) is 20.2. The van der Waals surface area contributed by atoms with E-state index in [1.165, 1.54) is 35.5 Å². The third-order valence-electron chi connectivity index (χ3n) is 4.96. The number of anilines is 1. The van der Waals surface area contributed by atoms with Crippen LogP contribution in [0.15, 0.2) is 65.8 Å². The number of ether oxygens (including phenoxy) is 1. The van der Waals surface area contributed by atoms with Crippen molar-refractivity contribution in [2.45, 2.75) is 18.4 Å². The summed E-state index contributed by atoms with van der Waals surface area (Å²) in [6, 6.07) is 13.4. The second-order valence-electron chi connectivity index (χ2n) is 7.34. The highest BCUT2D eigenvalue weighted by Crippen LogP contribution is 2.39. The average molecular weight is 502 g/mol. The molecule has 0 bridgehead atoms. The Bertz CT molecular complexity index is 1410. The number of halogens is 1. The number of pyridine rings is 1. The van der Waals surface area contributed by atoms with Crippen LogP contribution in [0.25, 0.3) is 10.2 Å². The van der Waals surface area contributed by atoms with Gasteiger partial charge in [0.05, 0.1) is 28.3 Å². The van der Waals surface area contributed by atoms with E-state index in [9.17, 15) is 13.2 Å². The van der Waals surface area contributed by atoms with Crippen molar-refractivity contribution in [1.29, 1.82) is 0 Å². The highest BCUT2D eigenvalue weighted by Gasteiger charge is 2.27.